The number of hydrogen-bond donors (Lipinski definition) is 1. The number of anilines is 2. The molecule has 1 aromatic carbocycles. The number of rotatable bonds is 4. The lowest BCUT2D eigenvalue weighted by atomic mass is 10.2. The largest absolute Gasteiger partial charge is 0.464 e. The summed E-state index contributed by atoms with van der Waals surface area (Å²) in [6, 6.07) is 7.08. The van der Waals surface area contributed by atoms with Gasteiger partial charge in [0.15, 0.2) is 0 Å². The molecule has 1 rings (SSSR count). The molecule has 0 saturated heterocycles. The second kappa shape index (κ2) is 5.39. The van der Waals surface area contributed by atoms with Crippen LogP contribution < -0.4 is 10.6 Å². The molecule has 0 aliphatic carbocycles. The summed E-state index contributed by atoms with van der Waals surface area (Å²) in [7, 11) is 1.85. The molecule has 0 spiro atoms. The van der Waals surface area contributed by atoms with Crippen molar-refractivity contribution in [2.45, 2.75) is 19.9 Å². The monoisotopic (exact) mass is 222 g/mol. The van der Waals surface area contributed by atoms with Gasteiger partial charge in [0, 0.05) is 18.4 Å². The Morgan fingerprint density at radius 3 is 2.50 bits per heavy atom. The molecule has 4 nitrogen and oxygen atoms in total. The number of hydrogen-bond acceptors (Lipinski definition) is 4. The fourth-order valence-corrected chi connectivity index (χ4v) is 1.35. The fraction of sp³-hybridized carbons (Fsp3) is 0.417. The first-order chi connectivity index (χ1) is 7.56. The Bertz CT molecular complexity index is 349. The molecule has 0 aliphatic rings. The van der Waals surface area contributed by atoms with Gasteiger partial charge in [0.25, 0.3) is 0 Å². The molecule has 16 heavy (non-hydrogen) atoms. The Morgan fingerprint density at radius 2 is 2.00 bits per heavy atom. The normalized spacial score (nSPS) is 11.9. The molecule has 1 atom stereocenters. The van der Waals surface area contributed by atoms with Gasteiger partial charge >= 0.3 is 5.97 Å². The van der Waals surface area contributed by atoms with Crippen molar-refractivity contribution < 1.29 is 9.53 Å². The summed E-state index contributed by atoms with van der Waals surface area (Å²) in [4.78, 5) is 13.4. The number of carbonyl (C=O) groups is 1. The van der Waals surface area contributed by atoms with Gasteiger partial charge in [-0.1, -0.05) is 0 Å². The van der Waals surface area contributed by atoms with E-state index < -0.39 is 0 Å². The lowest BCUT2D eigenvalue weighted by molar-refractivity contribution is -0.144. The van der Waals surface area contributed by atoms with Crippen LogP contribution in [0.3, 0.4) is 0 Å². The molecule has 0 heterocycles. The van der Waals surface area contributed by atoms with E-state index in [0.29, 0.717) is 12.3 Å². The Labute approximate surface area is 96.0 Å². The standard InChI is InChI=1S/C12H18N2O2/c1-4-16-12(15)9(2)14(3)11-7-5-10(13)6-8-11/h5-9H,4,13H2,1-3H3. The molecule has 1 aromatic rings. The minimum Gasteiger partial charge on any atom is -0.464 e. The van der Waals surface area contributed by atoms with Gasteiger partial charge in [-0.15, -0.1) is 0 Å². The molecular weight excluding hydrogens is 204 g/mol. The van der Waals surface area contributed by atoms with E-state index in [1.807, 2.05) is 43.1 Å². The third-order valence-corrected chi connectivity index (χ3v) is 2.51. The van der Waals surface area contributed by atoms with Crippen LogP contribution in [0.4, 0.5) is 11.4 Å². The zero-order valence-electron chi connectivity index (χ0n) is 9.93. The summed E-state index contributed by atoms with van der Waals surface area (Å²) in [5, 5.41) is 0. The maximum atomic E-state index is 11.5. The van der Waals surface area contributed by atoms with E-state index in [-0.39, 0.29) is 12.0 Å². The summed E-state index contributed by atoms with van der Waals surface area (Å²) >= 11 is 0. The van der Waals surface area contributed by atoms with Gasteiger partial charge in [-0.25, -0.2) is 4.79 Å². The van der Waals surface area contributed by atoms with E-state index in [2.05, 4.69) is 0 Å². The first-order valence-corrected chi connectivity index (χ1v) is 5.31. The molecule has 0 amide bonds. The molecule has 0 bridgehead atoms. The summed E-state index contributed by atoms with van der Waals surface area (Å²) in [5.74, 6) is -0.221. The van der Waals surface area contributed by atoms with Gasteiger partial charge < -0.3 is 15.4 Å². The highest BCUT2D eigenvalue weighted by atomic mass is 16.5. The van der Waals surface area contributed by atoms with Crippen LogP contribution in [0.5, 0.6) is 0 Å². The van der Waals surface area contributed by atoms with Crippen LogP contribution in [0, 0.1) is 0 Å². The quantitative estimate of drug-likeness (QED) is 0.621. The van der Waals surface area contributed by atoms with E-state index in [0.717, 1.165) is 5.69 Å². The van der Waals surface area contributed by atoms with Crippen LogP contribution in [0.25, 0.3) is 0 Å². The molecule has 0 saturated carbocycles. The highest BCUT2D eigenvalue weighted by molar-refractivity contribution is 5.79. The molecule has 0 aromatic heterocycles. The Morgan fingerprint density at radius 1 is 1.44 bits per heavy atom. The summed E-state index contributed by atoms with van der Waals surface area (Å²) in [6.07, 6.45) is 0. The van der Waals surface area contributed by atoms with Crippen molar-refractivity contribution in [1.29, 1.82) is 0 Å². The molecule has 4 heteroatoms. The number of esters is 1. The van der Waals surface area contributed by atoms with Gasteiger partial charge in [0.1, 0.15) is 6.04 Å². The minimum atomic E-state index is -0.302. The summed E-state index contributed by atoms with van der Waals surface area (Å²) in [6.45, 7) is 4.01. The first-order valence-electron chi connectivity index (χ1n) is 5.31. The van der Waals surface area contributed by atoms with Gasteiger partial charge in [-0.2, -0.15) is 0 Å². The van der Waals surface area contributed by atoms with Crippen LogP contribution in [-0.2, 0) is 9.53 Å². The molecular formula is C12H18N2O2. The molecule has 1 unspecified atom stereocenters. The highest BCUT2D eigenvalue weighted by Crippen LogP contribution is 2.17. The third-order valence-electron chi connectivity index (χ3n) is 2.51. The smallest absolute Gasteiger partial charge is 0.328 e. The molecule has 88 valence electrons. The number of benzene rings is 1. The Balaban J connectivity index is 2.73. The summed E-state index contributed by atoms with van der Waals surface area (Å²) in [5.41, 5.74) is 7.25. The van der Waals surface area contributed by atoms with Crippen molar-refractivity contribution in [1.82, 2.24) is 0 Å². The Kier molecular flexibility index (Phi) is 4.17. The van der Waals surface area contributed by atoms with Crippen LogP contribution in [0.1, 0.15) is 13.8 Å². The predicted octanol–water partition coefficient (Wildman–Crippen LogP) is 1.66. The van der Waals surface area contributed by atoms with Crippen molar-refractivity contribution in [2.75, 3.05) is 24.3 Å². The van der Waals surface area contributed by atoms with Gasteiger partial charge in [0.2, 0.25) is 0 Å². The van der Waals surface area contributed by atoms with E-state index in [4.69, 9.17) is 10.5 Å². The number of ether oxygens (including phenoxy) is 1. The predicted molar refractivity (Wildman–Crippen MR) is 65.4 cm³/mol. The van der Waals surface area contributed by atoms with Crippen molar-refractivity contribution in [3.05, 3.63) is 24.3 Å². The second-order valence-electron chi connectivity index (χ2n) is 3.63. The second-order valence-corrected chi connectivity index (χ2v) is 3.63. The van der Waals surface area contributed by atoms with E-state index in [1.165, 1.54) is 0 Å². The topological polar surface area (TPSA) is 55.6 Å². The zero-order chi connectivity index (χ0) is 12.1. The van der Waals surface area contributed by atoms with Gasteiger partial charge in [-0.3, -0.25) is 0 Å². The maximum absolute atomic E-state index is 11.5. The number of nitrogens with zero attached hydrogens (tertiary/aromatic N) is 1. The fourth-order valence-electron chi connectivity index (χ4n) is 1.35. The van der Waals surface area contributed by atoms with E-state index in [9.17, 15) is 4.79 Å². The number of carbonyl (C=O) groups excluding carboxylic acids is 1. The minimum absolute atomic E-state index is 0.221. The number of nitrogen functional groups attached to an aromatic ring is 1. The molecule has 2 N–H and O–H groups in total. The lowest BCUT2D eigenvalue weighted by Gasteiger charge is -2.25. The highest BCUT2D eigenvalue weighted by Gasteiger charge is 2.19. The first kappa shape index (κ1) is 12.4. The van der Waals surface area contributed by atoms with E-state index in [1.54, 1.807) is 6.92 Å². The third kappa shape index (κ3) is 2.89. The SMILES string of the molecule is CCOC(=O)C(C)N(C)c1ccc(N)cc1. The van der Waals surface area contributed by atoms with Crippen LogP contribution in [0.15, 0.2) is 24.3 Å². The average molecular weight is 222 g/mol. The van der Waals surface area contributed by atoms with Crippen molar-refractivity contribution >= 4 is 17.3 Å². The number of likely N-dealkylation sites (N-methyl/N-ethyl adjacent to an activating group) is 1. The van der Waals surface area contributed by atoms with E-state index >= 15 is 0 Å². The van der Waals surface area contributed by atoms with Crippen LogP contribution in [-0.4, -0.2) is 25.7 Å². The number of nitrogens with two attached hydrogens (primary N) is 1. The lowest BCUT2D eigenvalue weighted by Crippen LogP contribution is -2.37. The average Bonchev–Trinajstić information content (AvgIpc) is 2.28. The van der Waals surface area contributed by atoms with Gasteiger partial charge in [-0.05, 0) is 38.1 Å². The maximum Gasteiger partial charge on any atom is 0.328 e. The zero-order valence-corrected chi connectivity index (χ0v) is 9.93. The van der Waals surface area contributed by atoms with Crippen molar-refractivity contribution in [3.8, 4) is 0 Å². The molecule has 0 fully saturated rings. The van der Waals surface area contributed by atoms with Gasteiger partial charge in [0.05, 0.1) is 6.61 Å². The summed E-state index contributed by atoms with van der Waals surface area (Å²) < 4.78 is 4.96. The Hall–Kier alpha value is -1.71. The van der Waals surface area contributed by atoms with Crippen molar-refractivity contribution in [2.24, 2.45) is 0 Å². The molecule has 0 radical (unpaired) electrons. The van der Waals surface area contributed by atoms with Crippen molar-refractivity contribution in [3.63, 3.8) is 0 Å². The van der Waals surface area contributed by atoms with Crippen LogP contribution >= 0.6 is 0 Å². The molecule has 0 aliphatic heterocycles. The van der Waals surface area contributed by atoms with Crippen LogP contribution in [0.2, 0.25) is 0 Å².